The average molecular weight is 349 g/mol. The summed E-state index contributed by atoms with van der Waals surface area (Å²) in [5.74, 6) is -0.277. The summed E-state index contributed by atoms with van der Waals surface area (Å²) < 4.78 is 13.0. The predicted molar refractivity (Wildman–Crippen MR) is 102 cm³/mol. The van der Waals surface area contributed by atoms with E-state index in [1.165, 1.54) is 12.1 Å². The Morgan fingerprint density at radius 3 is 2.46 bits per heavy atom. The van der Waals surface area contributed by atoms with Gasteiger partial charge in [-0.3, -0.25) is 9.78 Å². The Balaban J connectivity index is 1.77. The minimum absolute atomic E-state index is 0.277. The van der Waals surface area contributed by atoms with Gasteiger partial charge in [0.15, 0.2) is 0 Å². The van der Waals surface area contributed by atoms with Gasteiger partial charge in [-0.2, -0.15) is 0 Å². The van der Waals surface area contributed by atoms with E-state index in [1.54, 1.807) is 30.5 Å². The normalized spacial score (nSPS) is 10.6. The minimum atomic E-state index is -0.297. The Bertz CT molecular complexity index is 907. The Kier molecular flexibility index (Phi) is 5.27. The van der Waals surface area contributed by atoms with Crippen molar-refractivity contribution in [2.45, 2.75) is 19.8 Å². The second kappa shape index (κ2) is 7.78. The van der Waals surface area contributed by atoms with E-state index in [-0.39, 0.29) is 11.7 Å². The quantitative estimate of drug-likeness (QED) is 0.654. The summed E-state index contributed by atoms with van der Waals surface area (Å²) in [6, 6.07) is 17.2. The molecule has 0 radical (unpaired) electrons. The molecule has 1 aromatic heterocycles. The number of hydrogen-bond acceptors (Lipinski definition) is 3. The van der Waals surface area contributed by atoms with Gasteiger partial charge in [-0.05, 0) is 53.9 Å². The monoisotopic (exact) mass is 349 g/mol. The van der Waals surface area contributed by atoms with E-state index >= 15 is 0 Å². The van der Waals surface area contributed by atoms with Crippen LogP contribution in [0.5, 0.6) is 0 Å². The maximum absolute atomic E-state index is 13.0. The second-order valence-corrected chi connectivity index (χ2v) is 6.26. The highest BCUT2D eigenvalue weighted by atomic mass is 19.1. The van der Waals surface area contributed by atoms with E-state index < -0.39 is 0 Å². The van der Waals surface area contributed by atoms with Crippen LogP contribution in [0.3, 0.4) is 0 Å². The smallest absolute Gasteiger partial charge is 0.274 e. The number of aromatic nitrogens is 1. The fraction of sp³-hybridized carbons (Fsp3) is 0.143. The maximum Gasteiger partial charge on any atom is 0.274 e. The van der Waals surface area contributed by atoms with Gasteiger partial charge in [0.05, 0.1) is 0 Å². The van der Waals surface area contributed by atoms with Crippen molar-refractivity contribution in [2.24, 2.45) is 0 Å². The third kappa shape index (κ3) is 4.25. The van der Waals surface area contributed by atoms with E-state index in [0.717, 1.165) is 16.9 Å². The lowest BCUT2D eigenvalue weighted by Gasteiger charge is -2.14. The summed E-state index contributed by atoms with van der Waals surface area (Å²) in [5, 5.41) is 6.06. The molecule has 1 heterocycles. The number of para-hydroxylation sites is 1. The van der Waals surface area contributed by atoms with Crippen molar-refractivity contribution < 1.29 is 9.18 Å². The summed E-state index contributed by atoms with van der Waals surface area (Å²) in [6.45, 7) is 4.16. The Hall–Kier alpha value is -3.21. The standard InChI is InChI=1S/C21H20FN3O/c1-14(2)18-5-3-4-6-19(18)25-21(26)20-13-17(11-12-23-20)24-16-9-7-15(22)8-10-16/h3-14H,1-2H3,(H,23,24)(H,25,26). The lowest BCUT2D eigenvalue weighted by Crippen LogP contribution is -2.15. The fourth-order valence-electron chi connectivity index (χ4n) is 2.63. The van der Waals surface area contributed by atoms with E-state index in [2.05, 4.69) is 29.5 Å². The highest BCUT2D eigenvalue weighted by molar-refractivity contribution is 6.03. The van der Waals surface area contributed by atoms with Crippen molar-refractivity contribution in [1.82, 2.24) is 4.98 Å². The van der Waals surface area contributed by atoms with E-state index in [1.807, 2.05) is 24.3 Å². The molecule has 2 aromatic carbocycles. The third-order valence-corrected chi connectivity index (χ3v) is 3.96. The van der Waals surface area contributed by atoms with Crippen LogP contribution in [-0.2, 0) is 0 Å². The third-order valence-electron chi connectivity index (χ3n) is 3.96. The van der Waals surface area contributed by atoms with Crippen LogP contribution in [-0.4, -0.2) is 10.9 Å². The Labute approximate surface area is 152 Å². The summed E-state index contributed by atoms with van der Waals surface area (Å²) in [7, 11) is 0. The molecule has 0 aliphatic carbocycles. The molecule has 2 N–H and O–H groups in total. The van der Waals surface area contributed by atoms with Crippen LogP contribution >= 0.6 is 0 Å². The van der Waals surface area contributed by atoms with Crippen molar-refractivity contribution in [1.29, 1.82) is 0 Å². The van der Waals surface area contributed by atoms with Crippen molar-refractivity contribution in [3.8, 4) is 0 Å². The number of nitrogens with one attached hydrogen (secondary N) is 2. The Morgan fingerprint density at radius 2 is 1.73 bits per heavy atom. The minimum Gasteiger partial charge on any atom is -0.355 e. The zero-order chi connectivity index (χ0) is 18.5. The number of anilines is 3. The number of carbonyl (C=O) groups excluding carboxylic acids is 1. The van der Waals surface area contributed by atoms with Gasteiger partial charge in [-0.25, -0.2) is 4.39 Å². The number of rotatable bonds is 5. The van der Waals surface area contributed by atoms with Crippen LogP contribution in [0.25, 0.3) is 0 Å². The van der Waals surface area contributed by atoms with Gasteiger partial charge >= 0.3 is 0 Å². The largest absolute Gasteiger partial charge is 0.355 e. The molecule has 132 valence electrons. The number of halogens is 1. The van der Waals surface area contributed by atoms with Gasteiger partial charge in [0.1, 0.15) is 11.5 Å². The first kappa shape index (κ1) is 17.6. The molecule has 0 atom stereocenters. The van der Waals surface area contributed by atoms with Crippen molar-refractivity contribution >= 4 is 23.0 Å². The van der Waals surface area contributed by atoms with E-state index in [4.69, 9.17) is 0 Å². The molecule has 5 heteroatoms. The predicted octanol–water partition coefficient (Wildman–Crippen LogP) is 5.34. The van der Waals surface area contributed by atoms with Crippen molar-refractivity contribution in [3.05, 3.63) is 83.9 Å². The first-order valence-corrected chi connectivity index (χ1v) is 8.42. The van der Waals surface area contributed by atoms with E-state index in [9.17, 15) is 9.18 Å². The molecule has 3 aromatic rings. The van der Waals surface area contributed by atoms with Crippen molar-refractivity contribution in [3.63, 3.8) is 0 Å². The van der Waals surface area contributed by atoms with Crippen LogP contribution in [0.15, 0.2) is 66.9 Å². The molecule has 0 spiro atoms. The highest BCUT2D eigenvalue weighted by Crippen LogP contribution is 2.24. The lowest BCUT2D eigenvalue weighted by atomic mass is 10.0. The molecule has 0 unspecified atom stereocenters. The van der Waals surface area contributed by atoms with Gasteiger partial charge in [0, 0.05) is 23.3 Å². The first-order chi connectivity index (χ1) is 12.5. The SMILES string of the molecule is CC(C)c1ccccc1NC(=O)c1cc(Nc2ccc(F)cc2)ccn1. The van der Waals surface area contributed by atoms with Gasteiger partial charge in [0.2, 0.25) is 0 Å². The molecule has 0 fully saturated rings. The summed E-state index contributed by atoms with van der Waals surface area (Å²) in [5.41, 5.74) is 3.59. The van der Waals surface area contributed by atoms with Gasteiger partial charge in [-0.1, -0.05) is 32.0 Å². The topological polar surface area (TPSA) is 54.0 Å². The highest BCUT2D eigenvalue weighted by Gasteiger charge is 2.12. The molecule has 26 heavy (non-hydrogen) atoms. The summed E-state index contributed by atoms with van der Waals surface area (Å²) in [6.07, 6.45) is 1.56. The summed E-state index contributed by atoms with van der Waals surface area (Å²) >= 11 is 0. The van der Waals surface area contributed by atoms with Crippen molar-refractivity contribution in [2.75, 3.05) is 10.6 Å². The molecular formula is C21H20FN3O. The van der Waals surface area contributed by atoms with Crippen LogP contribution in [0.2, 0.25) is 0 Å². The number of hydrogen-bond donors (Lipinski definition) is 2. The van der Waals surface area contributed by atoms with Gasteiger partial charge in [-0.15, -0.1) is 0 Å². The molecule has 0 aliphatic heterocycles. The molecule has 1 amide bonds. The second-order valence-electron chi connectivity index (χ2n) is 6.26. The molecule has 3 rings (SSSR count). The average Bonchev–Trinajstić information content (AvgIpc) is 2.64. The first-order valence-electron chi connectivity index (χ1n) is 8.42. The van der Waals surface area contributed by atoms with Crippen LogP contribution in [0.4, 0.5) is 21.5 Å². The van der Waals surface area contributed by atoms with Gasteiger partial charge < -0.3 is 10.6 Å². The van der Waals surface area contributed by atoms with Crippen LogP contribution in [0, 0.1) is 5.82 Å². The molecule has 0 saturated carbocycles. The summed E-state index contributed by atoms with van der Waals surface area (Å²) in [4.78, 5) is 16.7. The number of nitrogens with zero attached hydrogens (tertiary/aromatic N) is 1. The maximum atomic E-state index is 13.0. The van der Waals surface area contributed by atoms with Crippen LogP contribution < -0.4 is 10.6 Å². The van der Waals surface area contributed by atoms with E-state index in [0.29, 0.717) is 17.3 Å². The number of carbonyl (C=O) groups is 1. The zero-order valence-corrected chi connectivity index (χ0v) is 14.7. The lowest BCUT2D eigenvalue weighted by molar-refractivity contribution is 0.102. The van der Waals surface area contributed by atoms with Gasteiger partial charge in [0.25, 0.3) is 5.91 Å². The molecule has 0 saturated heterocycles. The molecule has 0 bridgehead atoms. The molecular weight excluding hydrogens is 329 g/mol. The molecule has 4 nitrogen and oxygen atoms in total. The van der Waals surface area contributed by atoms with Crippen LogP contribution in [0.1, 0.15) is 35.8 Å². The number of amides is 1. The molecule has 0 aliphatic rings. The fourth-order valence-corrected chi connectivity index (χ4v) is 2.63. The number of benzene rings is 2. The zero-order valence-electron chi connectivity index (χ0n) is 14.7. The number of pyridine rings is 1. The Morgan fingerprint density at radius 1 is 1.00 bits per heavy atom.